The fourth-order valence-electron chi connectivity index (χ4n) is 2.64. The summed E-state index contributed by atoms with van der Waals surface area (Å²) in [7, 11) is 0. The van der Waals surface area contributed by atoms with Crippen molar-refractivity contribution in [1.82, 2.24) is 9.97 Å². The van der Waals surface area contributed by atoms with E-state index in [4.69, 9.17) is 0 Å². The molecule has 1 aliphatic rings. The van der Waals surface area contributed by atoms with Crippen molar-refractivity contribution in [3.05, 3.63) is 45.8 Å². The molecule has 0 unspecified atom stereocenters. The summed E-state index contributed by atoms with van der Waals surface area (Å²) in [5.41, 5.74) is 2.26. The number of hydrogen-bond donors (Lipinski definition) is 1. The standard InChI is InChI=1S/C17H19BrN4O/c1-11-5-6-13(9-14(11)18)21-17(23)15-10-16(20-12(2)19-15)22-7-3-4-8-22/h5-6,9-10H,3-4,7-8H2,1-2H3,(H,21,23). The largest absolute Gasteiger partial charge is 0.356 e. The van der Waals surface area contributed by atoms with Gasteiger partial charge in [-0.15, -0.1) is 0 Å². The van der Waals surface area contributed by atoms with Crippen molar-refractivity contribution in [2.45, 2.75) is 26.7 Å². The molecule has 0 spiro atoms. The van der Waals surface area contributed by atoms with Gasteiger partial charge in [0.05, 0.1) is 0 Å². The highest BCUT2D eigenvalue weighted by Crippen LogP contribution is 2.22. The van der Waals surface area contributed by atoms with E-state index in [-0.39, 0.29) is 5.91 Å². The van der Waals surface area contributed by atoms with E-state index in [0.29, 0.717) is 11.5 Å². The number of carbonyl (C=O) groups is 1. The number of aromatic nitrogens is 2. The molecule has 0 saturated carbocycles. The number of anilines is 2. The maximum atomic E-state index is 12.5. The maximum Gasteiger partial charge on any atom is 0.274 e. The molecular weight excluding hydrogens is 356 g/mol. The van der Waals surface area contributed by atoms with Gasteiger partial charge in [0.25, 0.3) is 5.91 Å². The van der Waals surface area contributed by atoms with E-state index in [1.807, 2.05) is 32.0 Å². The summed E-state index contributed by atoms with van der Waals surface area (Å²) in [5.74, 6) is 1.24. The van der Waals surface area contributed by atoms with Gasteiger partial charge in [0.1, 0.15) is 17.3 Å². The summed E-state index contributed by atoms with van der Waals surface area (Å²) in [6.45, 7) is 5.80. The third-order valence-corrected chi connectivity index (χ3v) is 4.77. The molecule has 120 valence electrons. The van der Waals surface area contributed by atoms with E-state index in [2.05, 4.69) is 36.1 Å². The topological polar surface area (TPSA) is 58.1 Å². The lowest BCUT2D eigenvalue weighted by Crippen LogP contribution is -2.22. The number of hydrogen-bond acceptors (Lipinski definition) is 4. The first-order chi connectivity index (χ1) is 11.0. The van der Waals surface area contributed by atoms with E-state index < -0.39 is 0 Å². The summed E-state index contributed by atoms with van der Waals surface area (Å²) in [6, 6.07) is 7.51. The van der Waals surface area contributed by atoms with Gasteiger partial charge < -0.3 is 10.2 Å². The number of nitrogens with zero attached hydrogens (tertiary/aromatic N) is 3. The van der Waals surface area contributed by atoms with Crippen LogP contribution in [-0.4, -0.2) is 29.0 Å². The summed E-state index contributed by atoms with van der Waals surface area (Å²) < 4.78 is 0.965. The highest BCUT2D eigenvalue weighted by molar-refractivity contribution is 9.10. The number of aryl methyl sites for hydroxylation is 2. The molecule has 1 aromatic carbocycles. The molecule has 0 bridgehead atoms. The van der Waals surface area contributed by atoms with Crippen molar-refractivity contribution in [1.29, 1.82) is 0 Å². The zero-order chi connectivity index (χ0) is 16.4. The summed E-state index contributed by atoms with van der Waals surface area (Å²) in [5, 5.41) is 2.89. The predicted octanol–water partition coefficient (Wildman–Crippen LogP) is 3.71. The molecule has 3 rings (SSSR count). The molecule has 1 N–H and O–H groups in total. The number of nitrogens with one attached hydrogen (secondary N) is 1. The van der Waals surface area contributed by atoms with Gasteiger partial charge in [0, 0.05) is 29.3 Å². The molecule has 1 aliphatic heterocycles. The number of carbonyl (C=O) groups excluding carboxylic acids is 1. The molecule has 2 heterocycles. The minimum absolute atomic E-state index is 0.216. The molecular formula is C17H19BrN4O. The highest BCUT2D eigenvalue weighted by atomic mass is 79.9. The Morgan fingerprint density at radius 3 is 2.61 bits per heavy atom. The van der Waals surface area contributed by atoms with Gasteiger partial charge in [0.15, 0.2) is 0 Å². The smallest absolute Gasteiger partial charge is 0.274 e. The Kier molecular flexibility index (Phi) is 4.61. The van der Waals surface area contributed by atoms with Gasteiger partial charge in [-0.05, 0) is 44.4 Å². The lowest BCUT2D eigenvalue weighted by Gasteiger charge is -2.17. The summed E-state index contributed by atoms with van der Waals surface area (Å²) >= 11 is 3.48. The molecule has 23 heavy (non-hydrogen) atoms. The lowest BCUT2D eigenvalue weighted by atomic mass is 10.2. The first-order valence-corrected chi connectivity index (χ1v) is 8.50. The summed E-state index contributed by atoms with van der Waals surface area (Å²) in [4.78, 5) is 23.4. The van der Waals surface area contributed by atoms with Crippen molar-refractivity contribution < 1.29 is 4.79 Å². The van der Waals surface area contributed by atoms with Crippen molar-refractivity contribution >= 4 is 33.3 Å². The van der Waals surface area contributed by atoms with Gasteiger partial charge in [-0.2, -0.15) is 0 Å². The van der Waals surface area contributed by atoms with Crippen molar-refractivity contribution in [2.24, 2.45) is 0 Å². The van der Waals surface area contributed by atoms with Crippen LogP contribution in [-0.2, 0) is 0 Å². The average molecular weight is 375 g/mol. The second-order valence-electron chi connectivity index (χ2n) is 5.77. The third-order valence-electron chi connectivity index (χ3n) is 3.92. The van der Waals surface area contributed by atoms with Crippen LogP contribution >= 0.6 is 15.9 Å². The maximum absolute atomic E-state index is 12.5. The molecule has 1 aromatic heterocycles. The molecule has 0 aliphatic carbocycles. The van der Waals surface area contributed by atoms with Gasteiger partial charge in [-0.1, -0.05) is 22.0 Å². The highest BCUT2D eigenvalue weighted by Gasteiger charge is 2.17. The van der Waals surface area contributed by atoms with Crippen LogP contribution in [0, 0.1) is 13.8 Å². The number of rotatable bonds is 3. The third kappa shape index (κ3) is 3.69. The van der Waals surface area contributed by atoms with Gasteiger partial charge in [0.2, 0.25) is 0 Å². The van der Waals surface area contributed by atoms with Crippen LogP contribution < -0.4 is 10.2 Å². The van der Waals surface area contributed by atoms with E-state index in [1.165, 1.54) is 12.8 Å². The van der Waals surface area contributed by atoms with E-state index in [0.717, 1.165) is 34.6 Å². The Hall–Kier alpha value is -1.95. The molecule has 1 saturated heterocycles. The molecule has 2 aromatic rings. The first kappa shape index (κ1) is 15.9. The second-order valence-corrected chi connectivity index (χ2v) is 6.63. The van der Waals surface area contributed by atoms with Crippen molar-refractivity contribution in [3.8, 4) is 0 Å². The SMILES string of the molecule is Cc1nc(C(=O)Nc2ccc(C)c(Br)c2)cc(N2CCCC2)n1. The van der Waals surface area contributed by atoms with Crippen molar-refractivity contribution in [3.63, 3.8) is 0 Å². The molecule has 0 atom stereocenters. The minimum Gasteiger partial charge on any atom is -0.356 e. The van der Waals surface area contributed by atoms with Crippen LogP contribution in [0.15, 0.2) is 28.7 Å². The Bertz CT molecular complexity index is 741. The zero-order valence-corrected chi connectivity index (χ0v) is 14.9. The Balaban J connectivity index is 1.82. The fraction of sp³-hybridized carbons (Fsp3) is 0.353. The number of halogens is 1. The number of amides is 1. The Labute approximate surface area is 144 Å². The van der Waals surface area contributed by atoms with Crippen LogP contribution in [0.1, 0.15) is 34.7 Å². The van der Waals surface area contributed by atoms with Crippen LogP contribution in [0.3, 0.4) is 0 Å². The fourth-order valence-corrected chi connectivity index (χ4v) is 3.02. The normalized spacial score (nSPS) is 14.1. The Morgan fingerprint density at radius 1 is 1.17 bits per heavy atom. The van der Waals surface area contributed by atoms with Crippen LogP contribution in [0.4, 0.5) is 11.5 Å². The van der Waals surface area contributed by atoms with Gasteiger partial charge in [-0.3, -0.25) is 4.79 Å². The molecule has 5 nitrogen and oxygen atoms in total. The molecule has 1 amide bonds. The zero-order valence-electron chi connectivity index (χ0n) is 13.3. The predicted molar refractivity (Wildman–Crippen MR) is 95.0 cm³/mol. The lowest BCUT2D eigenvalue weighted by molar-refractivity contribution is 0.102. The van der Waals surface area contributed by atoms with Gasteiger partial charge in [-0.25, -0.2) is 9.97 Å². The van der Waals surface area contributed by atoms with E-state index >= 15 is 0 Å². The molecule has 1 fully saturated rings. The van der Waals surface area contributed by atoms with E-state index in [9.17, 15) is 4.79 Å². The minimum atomic E-state index is -0.216. The second kappa shape index (κ2) is 6.66. The monoisotopic (exact) mass is 374 g/mol. The van der Waals surface area contributed by atoms with Crippen molar-refractivity contribution in [2.75, 3.05) is 23.3 Å². The van der Waals surface area contributed by atoms with Gasteiger partial charge >= 0.3 is 0 Å². The quantitative estimate of drug-likeness (QED) is 0.889. The average Bonchev–Trinajstić information content (AvgIpc) is 3.05. The number of benzene rings is 1. The van der Waals surface area contributed by atoms with Crippen LogP contribution in [0.2, 0.25) is 0 Å². The molecule has 6 heteroatoms. The van der Waals surface area contributed by atoms with Crippen LogP contribution in [0.25, 0.3) is 0 Å². The Morgan fingerprint density at radius 2 is 1.91 bits per heavy atom. The van der Waals surface area contributed by atoms with Crippen LogP contribution in [0.5, 0.6) is 0 Å². The summed E-state index contributed by atoms with van der Waals surface area (Å²) in [6.07, 6.45) is 2.34. The molecule has 0 radical (unpaired) electrons. The first-order valence-electron chi connectivity index (χ1n) is 7.71. The van der Waals surface area contributed by atoms with E-state index in [1.54, 1.807) is 6.07 Å².